The predicted molar refractivity (Wildman–Crippen MR) is 126 cm³/mol. The maximum atomic E-state index is 13.4. The van der Waals surface area contributed by atoms with Crippen molar-refractivity contribution in [2.24, 2.45) is 7.05 Å². The van der Waals surface area contributed by atoms with Gasteiger partial charge in [0, 0.05) is 24.0 Å². The molecule has 7 heteroatoms. The smallest absolute Gasteiger partial charge is 0.262 e. The number of aromatic nitrogens is 2. The quantitative estimate of drug-likeness (QED) is 0.467. The second kappa shape index (κ2) is 9.43. The third kappa shape index (κ3) is 4.33. The van der Waals surface area contributed by atoms with Crippen LogP contribution in [-0.2, 0) is 11.8 Å². The van der Waals surface area contributed by atoms with Crippen LogP contribution < -0.4 is 5.56 Å². The number of carbonyl (C=O) groups is 1. The van der Waals surface area contributed by atoms with Gasteiger partial charge in [-0.3, -0.25) is 14.2 Å². The summed E-state index contributed by atoms with van der Waals surface area (Å²) in [6, 6.07) is 0.800. The zero-order valence-electron chi connectivity index (χ0n) is 18.4. The molecule has 0 bridgehead atoms. The summed E-state index contributed by atoms with van der Waals surface area (Å²) < 4.78 is 1.62. The van der Waals surface area contributed by atoms with E-state index in [1.165, 1.54) is 50.3 Å². The number of aryl methyl sites for hydroxylation is 2. The van der Waals surface area contributed by atoms with Gasteiger partial charge in [-0.15, -0.1) is 11.3 Å². The Labute approximate surface area is 187 Å². The minimum absolute atomic E-state index is 0.00628. The fourth-order valence-corrected chi connectivity index (χ4v) is 7.02. The van der Waals surface area contributed by atoms with Gasteiger partial charge in [0.15, 0.2) is 5.16 Å². The first-order valence-electron chi connectivity index (χ1n) is 11.4. The first kappa shape index (κ1) is 21.9. The lowest BCUT2D eigenvalue weighted by atomic mass is 9.88. The van der Waals surface area contributed by atoms with Crippen LogP contribution in [0.5, 0.6) is 0 Å². The molecule has 0 atom stereocenters. The van der Waals surface area contributed by atoms with Gasteiger partial charge < -0.3 is 4.90 Å². The summed E-state index contributed by atoms with van der Waals surface area (Å²) in [5.41, 5.74) is 1.02. The Hall–Kier alpha value is -1.34. The maximum Gasteiger partial charge on any atom is 0.262 e. The number of thioether (sulfide) groups is 1. The van der Waals surface area contributed by atoms with Crippen LogP contribution in [-0.4, -0.2) is 38.2 Å². The molecular weight excluding hydrogens is 414 g/mol. The van der Waals surface area contributed by atoms with E-state index in [1.807, 2.05) is 13.8 Å². The zero-order valence-corrected chi connectivity index (χ0v) is 20.0. The van der Waals surface area contributed by atoms with Crippen LogP contribution in [0.15, 0.2) is 9.95 Å². The topological polar surface area (TPSA) is 55.2 Å². The molecule has 0 radical (unpaired) electrons. The van der Waals surface area contributed by atoms with Gasteiger partial charge in [0.25, 0.3) is 5.56 Å². The molecule has 164 valence electrons. The number of amides is 1. The number of fused-ring (bicyclic) bond motifs is 1. The number of carbonyl (C=O) groups excluding carboxylic acids is 1. The van der Waals surface area contributed by atoms with Crippen molar-refractivity contribution in [1.29, 1.82) is 0 Å². The standard InChI is InChI=1S/C23H33N3O2S2/c1-15-16(2)30-21-20(15)22(28)25(3)23(24-21)29-14-19(27)26(17-10-6-4-7-11-17)18-12-8-5-9-13-18/h17-18H,4-14H2,1-3H3. The van der Waals surface area contributed by atoms with Gasteiger partial charge in [-0.2, -0.15) is 0 Å². The Balaban J connectivity index is 1.54. The van der Waals surface area contributed by atoms with Crippen LogP contribution in [0.4, 0.5) is 0 Å². The Bertz CT molecular complexity index is 951. The average Bonchev–Trinajstić information content (AvgIpc) is 3.05. The SMILES string of the molecule is Cc1sc2nc(SCC(=O)N(C3CCCCC3)C3CCCCC3)n(C)c(=O)c2c1C. The lowest BCUT2D eigenvalue weighted by Crippen LogP contribution is -2.49. The molecule has 2 fully saturated rings. The Morgan fingerprint density at radius 2 is 1.63 bits per heavy atom. The van der Waals surface area contributed by atoms with E-state index in [-0.39, 0.29) is 11.5 Å². The molecule has 0 spiro atoms. The molecule has 30 heavy (non-hydrogen) atoms. The van der Waals surface area contributed by atoms with E-state index in [9.17, 15) is 9.59 Å². The van der Waals surface area contributed by atoms with Crippen molar-refractivity contribution in [3.8, 4) is 0 Å². The van der Waals surface area contributed by atoms with Crippen molar-refractivity contribution in [2.75, 3.05) is 5.75 Å². The van der Waals surface area contributed by atoms with Gasteiger partial charge in [-0.1, -0.05) is 50.3 Å². The molecule has 2 aliphatic rings. The van der Waals surface area contributed by atoms with E-state index < -0.39 is 0 Å². The highest BCUT2D eigenvalue weighted by Gasteiger charge is 2.32. The van der Waals surface area contributed by atoms with Gasteiger partial charge in [-0.05, 0) is 45.1 Å². The molecular formula is C23H33N3O2S2. The monoisotopic (exact) mass is 447 g/mol. The molecule has 2 heterocycles. The summed E-state index contributed by atoms with van der Waals surface area (Å²) in [6.07, 6.45) is 12.1. The predicted octanol–water partition coefficient (Wildman–Crippen LogP) is 5.20. The third-order valence-corrected chi connectivity index (χ3v) is 9.03. The molecule has 0 saturated heterocycles. The van der Waals surface area contributed by atoms with Crippen LogP contribution in [0.2, 0.25) is 0 Å². The first-order valence-corrected chi connectivity index (χ1v) is 13.2. The number of hydrogen-bond acceptors (Lipinski definition) is 5. The van der Waals surface area contributed by atoms with Crippen molar-refractivity contribution in [1.82, 2.24) is 14.5 Å². The normalized spacial score (nSPS) is 18.8. The fourth-order valence-electron chi connectivity index (χ4n) is 5.11. The summed E-state index contributed by atoms with van der Waals surface area (Å²) in [5.74, 6) is 0.592. The van der Waals surface area contributed by atoms with Crippen molar-refractivity contribution >= 4 is 39.2 Å². The molecule has 0 unspecified atom stereocenters. The molecule has 0 N–H and O–H groups in total. The molecule has 4 rings (SSSR count). The van der Waals surface area contributed by atoms with E-state index in [4.69, 9.17) is 4.98 Å². The molecule has 1 amide bonds. The summed E-state index contributed by atoms with van der Waals surface area (Å²) in [7, 11) is 1.77. The van der Waals surface area contributed by atoms with Crippen LogP contribution in [0.1, 0.15) is 74.6 Å². The van der Waals surface area contributed by atoms with Gasteiger partial charge in [0.05, 0.1) is 11.1 Å². The lowest BCUT2D eigenvalue weighted by molar-refractivity contribution is -0.135. The highest BCUT2D eigenvalue weighted by molar-refractivity contribution is 7.99. The minimum Gasteiger partial charge on any atom is -0.336 e. The Morgan fingerprint density at radius 1 is 1.07 bits per heavy atom. The molecule has 0 aromatic carbocycles. The van der Waals surface area contributed by atoms with Gasteiger partial charge >= 0.3 is 0 Å². The van der Waals surface area contributed by atoms with Crippen LogP contribution in [0.25, 0.3) is 10.2 Å². The van der Waals surface area contributed by atoms with E-state index in [0.717, 1.165) is 46.3 Å². The van der Waals surface area contributed by atoms with E-state index in [2.05, 4.69) is 4.90 Å². The Kier molecular flexibility index (Phi) is 6.88. The average molecular weight is 448 g/mol. The highest BCUT2D eigenvalue weighted by Crippen LogP contribution is 2.32. The second-order valence-corrected chi connectivity index (χ2v) is 11.0. The van der Waals surface area contributed by atoms with Gasteiger partial charge in [-0.25, -0.2) is 4.98 Å². The highest BCUT2D eigenvalue weighted by atomic mass is 32.2. The Morgan fingerprint density at radius 3 is 2.20 bits per heavy atom. The van der Waals surface area contributed by atoms with E-state index >= 15 is 0 Å². The minimum atomic E-state index is -0.00628. The van der Waals surface area contributed by atoms with Crippen molar-refractivity contribution in [3.05, 3.63) is 20.8 Å². The fraction of sp³-hybridized carbons (Fsp3) is 0.696. The van der Waals surface area contributed by atoms with Crippen molar-refractivity contribution in [2.45, 2.75) is 95.3 Å². The van der Waals surface area contributed by atoms with E-state index in [1.54, 1.807) is 23.0 Å². The summed E-state index contributed by atoms with van der Waals surface area (Å²) in [6.45, 7) is 4.02. The molecule has 2 aromatic rings. The van der Waals surface area contributed by atoms with Crippen molar-refractivity contribution < 1.29 is 4.79 Å². The molecule has 2 saturated carbocycles. The maximum absolute atomic E-state index is 13.4. The van der Waals surface area contributed by atoms with Crippen LogP contribution >= 0.6 is 23.1 Å². The lowest BCUT2D eigenvalue weighted by Gasteiger charge is -2.41. The summed E-state index contributed by atoms with van der Waals surface area (Å²) >= 11 is 2.99. The van der Waals surface area contributed by atoms with Crippen molar-refractivity contribution in [3.63, 3.8) is 0 Å². The largest absolute Gasteiger partial charge is 0.336 e. The number of hydrogen-bond donors (Lipinski definition) is 0. The number of nitrogens with zero attached hydrogens (tertiary/aromatic N) is 3. The molecule has 2 aromatic heterocycles. The third-order valence-electron chi connectivity index (χ3n) is 6.92. The molecule has 0 aliphatic heterocycles. The summed E-state index contributed by atoms with van der Waals surface area (Å²) in [5, 5.41) is 1.37. The first-order chi connectivity index (χ1) is 14.5. The van der Waals surface area contributed by atoms with E-state index in [0.29, 0.717) is 23.0 Å². The number of thiophene rings is 1. The number of rotatable bonds is 5. The van der Waals surface area contributed by atoms with Crippen LogP contribution in [0, 0.1) is 13.8 Å². The van der Waals surface area contributed by atoms with Crippen LogP contribution in [0.3, 0.4) is 0 Å². The summed E-state index contributed by atoms with van der Waals surface area (Å²) in [4.78, 5) is 35.2. The van der Waals surface area contributed by atoms with Gasteiger partial charge in [0.1, 0.15) is 4.83 Å². The zero-order chi connectivity index (χ0) is 21.3. The second-order valence-electron chi connectivity index (χ2n) is 8.90. The molecule has 5 nitrogen and oxygen atoms in total. The van der Waals surface area contributed by atoms with Gasteiger partial charge in [0.2, 0.25) is 5.91 Å². The molecule has 2 aliphatic carbocycles.